The van der Waals surface area contributed by atoms with Gasteiger partial charge in [0.05, 0.1) is 0 Å². The topological polar surface area (TPSA) is 12.0 Å². The average Bonchev–Trinajstić information content (AvgIpc) is 2.33. The number of aryl methyl sites for hydroxylation is 1. The van der Waals surface area contributed by atoms with E-state index >= 15 is 0 Å². The standard InChI is InChI=1S/C14H21F2N/c1-3-9-17-13(4-2)7-5-11-10-12(15)6-8-14(11)16/h6,8,10,13,17H,3-5,7,9H2,1-2H3. The summed E-state index contributed by atoms with van der Waals surface area (Å²) in [6.45, 7) is 5.20. The van der Waals surface area contributed by atoms with Crippen LogP contribution in [-0.2, 0) is 6.42 Å². The Kier molecular flexibility index (Phi) is 6.12. The lowest BCUT2D eigenvalue weighted by Gasteiger charge is -2.16. The van der Waals surface area contributed by atoms with E-state index in [2.05, 4.69) is 19.2 Å². The molecule has 96 valence electrons. The first-order valence-corrected chi connectivity index (χ1v) is 6.34. The summed E-state index contributed by atoms with van der Waals surface area (Å²) in [5.74, 6) is -0.673. The van der Waals surface area contributed by atoms with E-state index in [0.29, 0.717) is 18.0 Å². The lowest BCUT2D eigenvalue weighted by Crippen LogP contribution is -2.29. The van der Waals surface area contributed by atoms with Crippen molar-refractivity contribution in [2.45, 2.75) is 45.6 Å². The van der Waals surface area contributed by atoms with Gasteiger partial charge in [0.1, 0.15) is 11.6 Å². The SMILES string of the molecule is CCCNC(CC)CCc1cc(F)ccc1F. The van der Waals surface area contributed by atoms with Gasteiger partial charge in [0.15, 0.2) is 0 Å². The van der Waals surface area contributed by atoms with Crippen LogP contribution in [0.4, 0.5) is 8.78 Å². The van der Waals surface area contributed by atoms with E-state index < -0.39 is 0 Å². The number of hydrogen-bond donors (Lipinski definition) is 1. The molecule has 1 aromatic carbocycles. The second-order valence-corrected chi connectivity index (χ2v) is 4.33. The molecule has 0 aliphatic rings. The summed E-state index contributed by atoms with van der Waals surface area (Å²) in [5, 5.41) is 3.41. The van der Waals surface area contributed by atoms with Crippen LogP contribution in [0.2, 0.25) is 0 Å². The maximum absolute atomic E-state index is 13.4. The van der Waals surface area contributed by atoms with E-state index in [1.807, 2.05) is 0 Å². The summed E-state index contributed by atoms with van der Waals surface area (Å²) in [7, 11) is 0. The van der Waals surface area contributed by atoms with Crippen molar-refractivity contribution in [1.29, 1.82) is 0 Å². The fourth-order valence-electron chi connectivity index (χ4n) is 1.86. The van der Waals surface area contributed by atoms with Crippen molar-refractivity contribution in [2.24, 2.45) is 0 Å². The smallest absolute Gasteiger partial charge is 0.126 e. The van der Waals surface area contributed by atoms with Gasteiger partial charge in [-0.05, 0) is 56.0 Å². The summed E-state index contributed by atoms with van der Waals surface area (Å²) in [4.78, 5) is 0. The highest BCUT2D eigenvalue weighted by atomic mass is 19.1. The molecule has 3 heteroatoms. The predicted molar refractivity (Wildman–Crippen MR) is 67.1 cm³/mol. The van der Waals surface area contributed by atoms with Crippen LogP contribution in [0.25, 0.3) is 0 Å². The normalized spacial score (nSPS) is 12.7. The van der Waals surface area contributed by atoms with Crippen LogP contribution in [0.5, 0.6) is 0 Å². The second-order valence-electron chi connectivity index (χ2n) is 4.33. The zero-order chi connectivity index (χ0) is 12.7. The molecule has 0 aliphatic heterocycles. The average molecular weight is 241 g/mol. The third kappa shape index (κ3) is 4.82. The van der Waals surface area contributed by atoms with Crippen molar-refractivity contribution in [3.63, 3.8) is 0 Å². The van der Waals surface area contributed by atoms with E-state index in [9.17, 15) is 8.78 Å². The Bertz CT molecular complexity index is 339. The van der Waals surface area contributed by atoms with E-state index in [0.717, 1.165) is 31.9 Å². The largest absolute Gasteiger partial charge is 0.314 e. The fraction of sp³-hybridized carbons (Fsp3) is 0.571. The maximum Gasteiger partial charge on any atom is 0.126 e. The molecule has 0 aromatic heterocycles. The van der Waals surface area contributed by atoms with Crippen molar-refractivity contribution >= 4 is 0 Å². The van der Waals surface area contributed by atoms with Crippen molar-refractivity contribution in [3.05, 3.63) is 35.4 Å². The van der Waals surface area contributed by atoms with Crippen LogP contribution in [0.1, 0.15) is 38.7 Å². The minimum atomic E-state index is -0.365. The number of nitrogens with one attached hydrogen (secondary N) is 1. The van der Waals surface area contributed by atoms with Crippen molar-refractivity contribution in [3.8, 4) is 0 Å². The Morgan fingerprint density at radius 2 is 2.00 bits per heavy atom. The molecule has 0 bridgehead atoms. The molecule has 0 amide bonds. The highest BCUT2D eigenvalue weighted by Gasteiger charge is 2.08. The summed E-state index contributed by atoms with van der Waals surface area (Å²) in [6, 6.07) is 4.04. The van der Waals surface area contributed by atoms with Gasteiger partial charge in [-0.2, -0.15) is 0 Å². The number of halogens is 2. The minimum Gasteiger partial charge on any atom is -0.314 e. The minimum absolute atomic E-state index is 0.309. The van der Waals surface area contributed by atoms with Gasteiger partial charge in [0.2, 0.25) is 0 Å². The molecule has 0 saturated carbocycles. The van der Waals surface area contributed by atoms with Gasteiger partial charge in [-0.15, -0.1) is 0 Å². The first kappa shape index (κ1) is 14.1. The molecule has 1 nitrogen and oxygen atoms in total. The molecule has 1 unspecified atom stereocenters. The van der Waals surface area contributed by atoms with Crippen molar-refractivity contribution in [2.75, 3.05) is 6.54 Å². The molecule has 1 atom stereocenters. The van der Waals surface area contributed by atoms with Crippen LogP contribution in [0, 0.1) is 11.6 Å². The molecule has 1 aromatic rings. The Morgan fingerprint density at radius 1 is 1.24 bits per heavy atom. The highest BCUT2D eigenvalue weighted by Crippen LogP contribution is 2.13. The Balaban J connectivity index is 2.50. The summed E-state index contributed by atoms with van der Waals surface area (Å²) in [5.41, 5.74) is 0.474. The lowest BCUT2D eigenvalue weighted by atomic mass is 10.0. The predicted octanol–water partition coefficient (Wildman–Crippen LogP) is 3.68. The Labute approximate surface area is 102 Å². The first-order chi connectivity index (χ1) is 8.17. The molecule has 0 aliphatic carbocycles. The molecule has 0 saturated heterocycles. The van der Waals surface area contributed by atoms with Crippen molar-refractivity contribution in [1.82, 2.24) is 5.32 Å². The van der Waals surface area contributed by atoms with Gasteiger partial charge in [0.25, 0.3) is 0 Å². The summed E-state index contributed by atoms with van der Waals surface area (Å²) < 4.78 is 26.4. The number of hydrogen-bond acceptors (Lipinski definition) is 1. The van der Waals surface area contributed by atoms with Crippen LogP contribution < -0.4 is 5.32 Å². The van der Waals surface area contributed by atoms with E-state index in [1.165, 1.54) is 12.1 Å². The number of benzene rings is 1. The number of rotatable bonds is 7. The van der Waals surface area contributed by atoms with Gasteiger partial charge in [0, 0.05) is 6.04 Å². The molecule has 0 heterocycles. The zero-order valence-electron chi connectivity index (χ0n) is 10.6. The second kappa shape index (κ2) is 7.38. The Hall–Kier alpha value is -0.960. The molecule has 17 heavy (non-hydrogen) atoms. The van der Waals surface area contributed by atoms with Crippen LogP contribution in [0.15, 0.2) is 18.2 Å². The van der Waals surface area contributed by atoms with Gasteiger partial charge in [-0.1, -0.05) is 13.8 Å². The molecule has 0 radical (unpaired) electrons. The summed E-state index contributed by atoms with van der Waals surface area (Å²) >= 11 is 0. The van der Waals surface area contributed by atoms with Crippen LogP contribution in [0.3, 0.4) is 0 Å². The molecule has 1 rings (SSSR count). The molecule has 1 N–H and O–H groups in total. The van der Waals surface area contributed by atoms with Gasteiger partial charge in [-0.25, -0.2) is 8.78 Å². The third-order valence-electron chi connectivity index (χ3n) is 2.95. The monoisotopic (exact) mass is 241 g/mol. The molecular weight excluding hydrogens is 220 g/mol. The summed E-state index contributed by atoms with van der Waals surface area (Å²) in [6.07, 6.45) is 3.53. The maximum atomic E-state index is 13.4. The van der Waals surface area contributed by atoms with Gasteiger partial charge < -0.3 is 5.32 Å². The van der Waals surface area contributed by atoms with Gasteiger partial charge in [-0.3, -0.25) is 0 Å². The van der Waals surface area contributed by atoms with E-state index in [4.69, 9.17) is 0 Å². The van der Waals surface area contributed by atoms with E-state index in [-0.39, 0.29) is 11.6 Å². The Morgan fingerprint density at radius 3 is 2.65 bits per heavy atom. The van der Waals surface area contributed by atoms with Crippen LogP contribution >= 0.6 is 0 Å². The quantitative estimate of drug-likeness (QED) is 0.768. The zero-order valence-corrected chi connectivity index (χ0v) is 10.6. The lowest BCUT2D eigenvalue weighted by molar-refractivity contribution is 0.463. The van der Waals surface area contributed by atoms with Crippen LogP contribution in [-0.4, -0.2) is 12.6 Å². The molecule has 0 spiro atoms. The first-order valence-electron chi connectivity index (χ1n) is 6.34. The third-order valence-corrected chi connectivity index (χ3v) is 2.95. The highest BCUT2D eigenvalue weighted by molar-refractivity contribution is 5.18. The fourth-order valence-corrected chi connectivity index (χ4v) is 1.86. The van der Waals surface area contributed by atoms with Gasteiger partial charge >= 0.3 is 0 Å². The molecule has 0 fully saturated rings. The van der Waals surface area contributed by atoms with E-state index in [1.54, 1.807) is 0 Å². The van der Waals surface area contributed by atoms with Crippen molar-refractivity contribution < 1.29 is 8.78 Å². The molecular formula is C14H21F2N.